The van der Waals surface area contributed by atoms with E-state index in [-0.39, 0.29) is 11.8 Å². The second kappa shape index (κ2) is 7.46. The molecule has 5 rings (SSSR count). The van der Waals surface area contributed by atoms with Gasteiger partial charge in [-0.15, -0.1) is 5.10 Å². The van der Waals surface area contributed by atoms with Gasteiger partial charge < -0.3 is 5.11 Å². The lowest BCUT2D eigenvalue weighted by Crippen LogP contribution is -2.22. The first-order valence-electron chi connectivity index (χ1n) is 9.30. The third kappa shape index (κ3) is 3.11. The van der Waals surface area contributed by atoms with Gasteiger partial charge in [0.1, 0.15) is 4.88 Å². The van der Waals surface area contributed by atoms with Crippen molar-refractivity contribution < 1.29 is 9.90 Å². The van der Waals surface area contributed by atoms with E-state index in [0.717, 1.165) is 11.4 Å². The van der Waals surface area contributed by atoms with Crippen LogP contribution in [0.3, 0.4) is 0 Å². The van der Waals surface area contributed by atoms with E-state index in [2.05, 4.69) is 15.5 Å². The van der Waals surface area contributed by atoms with E-state index in [0.29, 0.717) is 25.8 Å². The van der Waals surface area contributed by atoms with Crippen molar-refractivity contribution in [3.05, 3.63) is 105 Å². The number of amides is 1. The lowest BCUT2D eigenvalue weighted by Gasteiger charge is -2.05. The maximum Gasteiger partial charge on any atom is 0.279 e. The highest BCUT2D eigenvalue weighted by Gasteiger charge is 2.26. The fourth-order valence-electron chi connectivity index (χ4n) is 3.33. The minimum absolute atomic E-state index is 0.0462. The number of thiazole rings is 1. The first kappa shape index (κ1) is 18.1. The molecule has 0 spiro atoms. The molecule has 1 amide bonds. The number of carbonyl (C=O) groups is 1. The summed E-state index contributed by atoms with van der Waals surface area (Å²) in [5.41, 5.74) is 4.96. The van der Waals surface area contributed by atoms with Gasteiger partial charge in [-0.2, -0.15) is 0 Å². The highest BCUT2D eigenvalue weighted by atomic mass is 32.1. The van der Waals surface area contributed by atoms with Crippen molar-refractivity contribution in [2.45, 2.75) is 0 Å². The number of nitrogens with one attached hydrogen (secondary N) is 1. The number of carbonyl (C=O) groups excluding carboxylic acids is 1. The minimum Gasteiger partial charge on any atom is -0.493 e. The predicted molar refractivity (Wildman–Crippen MR) is 116 cm³/mol. The topological polar surface area (TPSA) is 79.0 Å². The van der Waals surface area contributed by atoms with Crippen LogP contribution in [0.4, 0.5) is 5.69 Å². The molecule has 0 unspecified atom stereocenters. The van der Waals surface area contributed by atoms with Crippen LogP contribution in [0.15, 0.2) is 95.0 Å². The molecule has 146 valence electrons. The summed E-state index contributed by atoms with van der Waals surface area (Å²) in [6.07, 6.45) is 0. The van der Waals surface area contributed by atoms with Crippen LogP contribution >= 0.6 is 11.3 Å². The van der Waals surface area contributed by atoms with Crippen LogP contribution in [0.25, 0.3) is 11.3 Å². The average Bonchev–Trinajstić information content (AvgIpc) is 3.28. The molecule has 0 aliphatic carbocycles. The molecule has 6 nitrogen and oxygen atoms in total. The summed E-state index contributed by atoms with van der Waals surface area (Å²) in [7, 11) is 0. The van der Waals surface area contributed by atoms with Gasteiger partial charge in [-0.25, -0.2) is 4.99 Å². The number of para-hydroxylation sites is 3. The van der Waals surface area contributed by atoms with Crippen molar-refractivity contribution >= 4 is 28.5 Å². The van der Waals surface area contributed by atoms with Gasteiger partial charge in [0.15, 0.2) is 0 Å². The van der Waals surface area contributed by atoms with Gasteiger partial charge >= 0.3 is 0 Å². The van der Waals surface area contributed by atoms with Crippen LogP contribution in [0, 0.1) is 0 Å². The van der Waals surface area contributed by atoms with Crippen molar-refractivity contribution in [2.24, 2.45) is 10.1 Å². The Labute approximate surface area is 175 Å². The highest BCUT2D eigenvalue weighted by molar-refractivity contribution is 7.11. The molecule has 0 bridgehead atoms. The Morgan fingerprint density at radius 1 is 0.900 bits per heavy atom. The van der Waals surface area contributed by atoms with Crippen molar-refractivity contribution in [3.8, 4) is 11.6 Å². The lowest BCUT2D eigenvalue weighted by atomic mass is 10.1. The first-order chi connectivity index (χ1) is 14.7. The SMILES string of the molecule is O=C1N=c2ccccc2=C1c1sc(=NNc2ccccc2)n(-c2ccccc2)c1O. The van der Waals surface area contributed by atoms with Gasteiger partial charge in [0, 0.05) is 5.22 Å². The maximum absolute atomic E-state index is 12.7. The number of fused-ring (bicyclic) bond motifs is 1. The average molecular weight is 412 g/mol. The number of hydrogen-bond acceptors (Lipinski definition) is 5. The van der Waals surface area contributed by atoms with Crippen LogP contribution < -0.4 is 20.8 Å². The van der Waals surface area contributed by atoms with Gasteiger partial charge in [0.05, 0.1) is 22.3 Å². The number of benzene rings is 3. The summed E-state index contributed by atoms with van der Waals surface area (Å²) in [5.74, 6) is -0.411. The number of rotatable bonds is 4. The molecule has 0 atom stereocenters. The number of aromatic nitrogens is 1. The second-order valence-corrected chi connectivity index (χ2v) is 7.58. The summed E-state index contributed by atoms with van der Waals surface area (Å²) in [4.78, 5) is 17.7. The molecule has 0 saturated heterocycles. The molecule has 4 aromatic rings. The van der Waals surface area contributed by atoms with Gasteiger partial charge in [-0.1, -0.05) is 65.9 Å². The van der Waals surface area contributed by atoms with Crippen molar-refractivity contribution in [1.29, 1.82) is 0 Å². The summed E-state index contributed by atoms with van der Waals surface area (Å²) in [6.45, 7) is 0. The molecule has 2 N–H and O–H groups in total. The highest BCUT2D eigenvalue weighted by Crippen LogP contribution is 2.30. The summed E-state index contributed by atoms with van der Waals surface area (Å²) in [6, 6.07) is 26.3. The zero-order valence-electron chi connectivity index (χ0n) is 15.7. The fourth-order valence-corrected chi connectivity index (χ4v) is 4.37. The van der Waals surface area contributed by atoms with E-state index in [4.69, 9.17) is 0 Å². The monoisotopic (exact) mass is 412 g/mol. The van der Waals surface area contributed by atoms with Crippen molar-refractivity contribution in [1.82, 2.24) is 4.57 Å². The Morgan fingerprint density at radius 3 is 2.33 bits per heavy atom. The molecular formula is C23H16N4O2S. The third-order valence-corrected chi connectivity index (χ3v) is 5.75. The molecule has 1 aliphatic heterocycles. The number of aromatic hydroxyl groups is 1. The molecule has 30 heavy (non-hydrogen) atoms. The lowest BCUT2D eigenvalue weighted by molar-refractivity contribution is -0.112. The van der Waals surface area contributed by atoms with Crippen LogP contribution in [-0.2, 0) is 4.79 Å². The maximum atomic E-state index is 12.7. The Hall–Kier alpha value is -3.97. The van der Waals surface area contributed by atoms with Crippen LogP contribution in [0.2, 0.25) is 0 Å². The van der Waals surface area contributed by atoms with E-state index in [9.17, 15) is 9.90 Å². The summed E-state index contributed by atoms with van der Waals surface area (Å²) >= 11 is 1.23. The quantitative estimate of drug-likeness (QED) is 0.506. The minimum atomic E-state index is -0.365. The second-order valence-electron chi connectivity index (χ2n) is 6.61. The molecule has 3 aromatic carbocycles. The Kier molecular flexibility index (Phi) is 4.49. The normalized spacial score (nSPS) is 13.3. The Balaban J connectivity index is 1.75. The van der Waals surface area contributed by atoms with Crippen molar-refractivity contribution in [3.63, 3.8) is 0 Å². The van der Waals surface area contributed by atoms with E-state index in [1.54, 1.807) is 10.6 Å². The predicted octanol–water partition coefficient (Wildman–Crippen LogP) is 2.53. The van der Waals surface area contributed by atoms with E-state index in [1.807, 2.05) is 78.9 Å². The number of nitrogens with zero attached hydrogens (tertiary/aromatic N) is 3. The van der Waals surface area contributed by atoms with Gasteiger partial charge in [0.2, 0.25) is 10.7 Å². The fraction of sp³-hybridized carbons (Fsp3) is 0. The molecule has 7 heteroatoms. The standard InChI is InChI=1S/C23H16N4O2S/c28-21-19(17-13-7-8-14-18(17)24-21)20-22(29)27(16-11-5-2-6-12-16)23(30-20)26-25-15-9-3-1-4-10-15/h1-14,25,29H. The van der Waals surface area contributed by atoms with Gasteiger partial charge in [-0.3, -0.25) is 14.8 Å². The van der Waals surface area contributed by atoms with Crippen LogP contribution in [-0.4, -0.2) is 15.6 Å². The van der Waals surface area contributed by atoms with Gasteiger partial charge in [0.25, 0.3) is 5.91 Å². The van der Waals surface area contributed by atoms with E-state index in [1.165, 1.54) is 11.3 Å². The Morgan fingerprint density at radius 2 is 1.57 bits per heavy atom. The molecule has 0 fully saturated rings. The Bertz CT molecular complexity index is 1440. The molecule has 1 aliphatic rings. The smallest absolute Gasteiger partial charge is 0.279 e. The zero-order chi connectivity index (χ0) is 20.5. The van der Waals surface area contributed by atoms with Crippen molar-refractivity contribution in [2.75, 3.05) is 5.43 Å². The number of hydrogen-bond donors (Lipinski definition) is 2. The zero-order valence-corrected chi connectivity index (χ0v) is 16.5. The molecular weight excluding hydrogens is 396 g/mol. The van der Waals surface area contributed by atoms with E-state index >= 15 is 0 Å². The molecule has 0 saturated carbocycles. The number of anilines is 1. The third-order valence-electron chi connectivity index (χ3n) is 4.70. The van der Waals surface area contributed by atoms with Gasteiger partial charge in [-0.05, 0) is 30.3 Å². The van der Waals surface area contributed by atoms with E-state index < -0.39 is 0 Å². The summed E-state index contributed by atoms with van der Waals surface area (Å²) < 4.78 is 1.62. The largest absolute Gasteiger partial charge is 0.493 e. The first-order valence-corrected chi connectivity index (χ1v) is 10.1. The summed E-state index contributed by atoms with van der Waals surface area (Å²) in [5, 5.41) is 17.0. The van der Waals surface area contributed by atoms with Crippen LogP contribution in [0.1, 0.15) is 4.88 Å². The van der Waals surface area contributed by atoms with Crippen LogP contribution in [0.5, 0.6) is 5.88 Å². The molecule has 2 heterocycles. The molecule has 0 radical (unpaired) electrons. The molecule has 1 aromatic heterocycles.